The molecule has 0 unspecified atom stereocenters. The lowest BCUT2D eigenvalue weighted by molar-refractivity contribution is -0.384. The van der Waals surface area contributed by atoms with Gasteiger partial charge >= 0.3 is 6.09 Å². The Balaban J connectivity index is 1.86. The van der Waals surface area contributed by atoms with Gasteiger partial charge in [-0.05, 0) is 37.9 Å². The number of amides is 1. The van der Waals surface area contributed by atoms with Gasteiger partial charge in [0, 0.05) is 24.7 Å². The summed E-state index contributed by atoms with van der Waals surface area (Å²) >= 11 is 0. The monoisotopic (exact) mass is 319 g/mol. The molecule has 7 heteroatoms. The van der Waals surface area contributed by atoms with E-state index in [4.69, 9.17) is 0 Å². The molecule has 1 aliphatic rings. The number of nitro benzene ring substituents is 1. The van der Waals surface area contributed by atoms with Crippen molar-refractivity contribution in [2.45, 2.75) is 25.3 Å². The van der Waals surface area contributed by atoms with Crippen LogP contribution in [0.25, 0.3) is 0 Å². The fourth-order valence-electron chi connectivity index (χ4n) is 2.66. The first-order chi connectivity index (χ1) is 11.1. The van der Waals surface area contributed by atoms with Gasteiger partial charge in [-0.25, -0.2) is 4.79 Å². The van der Waals surface area contributed by atoms with Gasteiger partial charge in [0.05, 0.1) is 4.92 Å². The summed E-state index contributed by atoms with van der Waals surface area (Å²) in [5, 5.41) is 23.1. The number of carboxylic acid groups (broad SMARTS) is 1. The Kier molecular flexibility index (Phi) is 6.10. The molecule has 1 amide bonds. The van der Waals surface area contributed by atoms with E-state index in [0.717, 1.165) is 31.5 Å². The molecule has 2 N–H and O–H groups in total. The molecule has 1 aromatic carbocycles. The van der Waals surface area contributed by atoms with E-state index in [2.05, 4.69) is 5.32 Å². The zero-order chi connectivity index (χ0) is 16.7. The van der Waals surface area contributed by atoms with E-state index in [-0.39, 0.29) is 11.7 Å². The third-order valence-corrected chi connectivity index (χ3v) is 3.96. The first kappa shape index (κ1) is 17.0. The Morgan fingerprint density at radius 3 is 2.52 bits per heavy atom. The molecule has 0 aromatic heterocycles. The number of benzene rings is 1. The van der Waals surface area contributed by atoms with Crippen LogP contribution in [-0.4, -0.2) is 46.7 Å². The molecular formula is C16H21N3O4. The minimum absolute atomic E-state index is 0.0674. The standard InChI is InChI=1S/C16H21N3O4/c20-16(21)18(14-8-10-17-11-9-14)12-2-1-3-13-4-6-15(7-5-13)19(22)23/h1-2,4-7,14,17H,3,8-12H2,(H,20,21). The average molecular weight is 319 g/mol. The topological polar surface area (TPSA) is 95.7 Å². The zero-order valence-electron chi connectivity index (χ0n) is 12.9. The summed E-state index contributed by atoms with van der Waals surface area (Å²) in [6.45, 7) is 2.06. The molecule has 0 spiro atoms. The summed E-state index contributed by atoms with van der Waals surface area (Å²) in [6, 6.07) is 6.44. The molecule has 0 atom stereocenters. The van der Waals surface area contributed by atoms with Crippen molar-refractivity contribution >= 4 is 11.8 Å². The minimum atomic E-state index is -0.892. The summed E-state index contributed by atoms with van der Waals surface area (Å²) < 4.78 is 0. The Hall–Kier alpha value is -2.41. The van der Waals surface area contributed by atoms with Crippen LogP contribution in [0.3, 0.4) is 0 Å². The third-order valence-electron chi connectivity index (χ3n) is 3.96. The maximum Gasteiger partial charge on any atom is 0.407 e. The molecule has 23 heavy (non-hydrogen) atoms. The molecule has 2 rings (SSSR count). The van der Waals surface area contributed by atoms with Crippen molar-refractivity contribution in [1.82, 2.24) is 10.2 Å². The Bertz CT molecular complexity index is 565. The van der Waals surface area contributed by atoms with Crippen LogP contribution in [0.5, 0.6) is 0 Å². The number of hydrogen-bond donors (Lipinski definition) is 2. The second kappa shape index (κ2) is 8.28. The molecule has 1 aliphatic heterocycles. The van der Waals surface area contributed by atoms with Gasteiger partial charge in [-0.3, -0.25) is 10.1 Å². The van der Waals surface area contributed by atoms with Crippen LogP contribution in [0.1, 0.15) is 18.4 Å². The largest absolute Gasteiger partial charge is 0.465 e. The second-order valence-electron chi connectivity index (χ2n) is 5.52. The SMILES string of the molecule is O=C(O)N(CC=CCc1ccc([N+](=O)[O-])cc1)C1CCNCC1. The highest BCUT2D eigenvalue weighted by Gasteiger charge is 2.23. The number of allylic oxidation sites excluding steroid dienone is 1. The Morgan fingerprint density at radius 2 is 1.96 bits per heavy atom. The molecule has 124 valence electrons. The van der Waals surface area contributed by atoms with E-state index in [1.807, 2.05) is 12.2 Å². The molecule has 1 heterocycles. The lowest BCUT2D eigenvalue weighted by Crippen LogP contribution is -2.45. The van der Waals surface area contributed by atoms with Crippen molar-refractivity contribution in [2.75, 3.05) is 19.6 Å². The molecule has 1 fully saturated rings. The first-order valence-corrected chi connectivity index (χ1v) is 7.66. The Labute approximate surface area is 134 Å². The van der Waals surface area contributed by atoms with Crippen LogP contribution < -0.4 is 5.32 Å². The second-order valence-corrected chi connectivity index (χ2v) is 5.52. The zero-order valence-corrected chi connectivity index (χ0v) is 12.9. The van der Waals surface area contributed by atoms with Crippen molar-refractivity contribution in [3.8, 4) is 0 Å². The van der Waals surface area contributed by atoms with Crippen molar-refractivity contribution in [3.63, 3.8) is 0 Å². The van der Waals surface area contributed by atoms with Crippen LogP contribution in [0.4, 0.5) is 10.5 Å². The fourth-order valence-corrected chi connectivity index (χ4v) is 2.66. The fraction of sp³-hybridized carbons (Fsp3) is 0.438. The van der Waals surface area contributed by atoms with Gasteiger partial charge in [-0.15, -0.1) is 0 Å². The lowest BCUT2D eigenvalue weighted by atomic mass is 10.1. The highest BCUT2D eigenvalue weighted by Crippen LogP contribution is 2.14. The van der Waals surface area contributed by atoms with Crippen LogP contribution in [0.15, 0.2) is 36.4 Å². The van der Waals surface area contributed by atoms with Crippen molar-refractivity contribution in [3.05, 3.63) is 52.1 Å². The molecule has 1 saturated heterocycles. The van der Waals surface area contributed by atoms with Gasteiger partial charge in [-0.1, -0.05) is 24.3 Å². The number of piperidine rings is 1. The number of nitro groups is 1. The van der Waals surface area contributed by atoms with Gasteiger partial charge in [0.2, 0.25) is 0 Å². The normalized spacial score (nSPS) is 15.7. The molecule has 0 radical (unpaired) electrons. The van der Waals surface area contributed by atoms with Crippen molar-refractivity contribution < 1.29 is 14.8 Å². The summed E-state index contributed by atoms with van der Waals surface area (Å²) in [4.78, 5) is 23.0. The molecule has 7 nitrogen and oxygen atoms in total. The smallest absolute Gasteiger partial charge is 0.407 e. The number of carbonyl (C=O) groups is 1. The van der Waals surface area contributed by atoms with E-state index in [1.165, 1.54) is 17.0 Å². The molecular weight excluding hydrogens is 298 g/mol. The number of non-ortho nitro benzene ring substituents is 1. The maximum atomic E-state index is 11.4. The molecule has 0 aliphatic carbocycles. The number of hydrogen-bond acceptors (Lipinski definition) is 4. The van der Waals surface area contributed by atoms with Crippen LogP contribution in [-0.2, 0) is 6.42 Å². The van der Waals surface area contributed by atoms with Crippen LogP contribution in [0.2, 0.25) is 0 Å². The quantitative estimate of drug-likeness (QED) is 0.477. The van der Waals surface area contributed by atoms with Gasteiger partial charge in [0.25, 0.3) is 5.69 Å². The summed E-state index contributed by atoms with van der Waals surface area (Å²) in [6.07, 6.45) is 5.15. The summed E-state index contributed by atoms with van der Waals surface area (Å²) in [7, 11) is 0. The molecule has 0 saturated carbocycles. The third kappa shape index (κ3) is 5.07. The predicted molar refractivity (Wildman–Crippen MR) is 86.6 cm³/mol. The Morgan fingerprint density at radius 1 is 1.30 bits per heavy atom. The van der Waals surface area contributed by atoms with Crippen molar-refractivity contribution in [1.29, 1.82) is 0 Å². The average Bonchev–Trinajstić information content (AvgIpc) is 2.55. The number of nitrogens with zero attached hydrogens (tertiary/aromatic N) is 2. The van der Waals surface area contributed by atoms with E-state index in [0.29, 0.717) is 13.0 Å². The van der Waals surface area contributed by atoms with E-state index < -0.39 is 11.0 Å². The first-order valence-electron chi connectivity index (χ1n) is 7.66. The van der Waals surface area contributed by atoms with Gasteiger partial charge in [0.15, 0.2) is 0 Å². The summed E-state index contributed by atoms with van der Waals surface area (Å²) in [5.74, 6) is 0. The van der Waals surface area contributed by atoms with Crippen molar-refractivity contribution in [2.24, 2.45) is 0 Å². The summed E-state index contributed by atoms with van der Waals surface area (Å²) in [5.41, 5.74) is 1.02. The predicted octanol–water partition coefficient (Wildman–Crippen LogP) is 2.43. The highest BCUT2D eigenvalue weighted by atomic mass is 16.6. The van der Waals surface area contributed by atoms with E-state index in [9.17, 15) is 20.0 Å². The minimum Gasteiger partial charge on any atom is -0.465 e. The lowest BCUT2D eigenvalue weighted by Gasteiger charge is -2.31. The van der Waals surface area contributed by atoms with Gasteiger partial charge < -0.3 is 15.3 Å². The maximum absolute atomic E-state index is 11.4. The van der Waals surface area contributed by atoms with E-state index in [1.54, 1.807) is 12.1 Å². The van der Waals surface area contributed by atoms with E-state index >= 15 is 0 Å². The van der Waals surface area contributed by atoms with Gasteiger partial charge in [-0.2, -0.15) is 0 Å². The van der Waals surface area contributed by atoms with Crippen LogP contribution in [0, 0.1) is 10.1 Å². The van der Waals surface area contributed by atoms with Gasteiger partial charge in [0.1, 0.15) is 0 Å². The van der Waals surface area contributed by atoms with Crippen LogP contribution >= 0.6 is 0 Å². The highest BCUT2D eigenvalue weighted by molar-refractivity contribution is 5.65. The number of rotatable bonds is 6. The molecule has 0 bridgehead atoms. The molecule has 1 aromatic rings. The number of nitrogens with one attached hydrogen (secondary N) is 1.